The van der Waals surface area contributed by atoms with Gasteiger partial charge in [-0.25, -0.2) is 0 Å². The zero-order valence-corrected chi connectivity index (χ0v) is 14.0. The highest BCUT2D eigenvalue weighted by molar-refractivity contribution is 5.24. The van der Waals surface area contributed by atoms with Gasteiger partial charge in [-0.3, -0.25) is 4.90 Å². The number of halogens is 3. The van der Waals surface area contributed by atoms with E-state index >= 15 is 0 Å². The van der Waals surface area contributed by atoms with Crippen LogP contribution >= 0.6 is 0 Å². The van der Waals surface area contributed by atoms with Crippen molar-refractivity contribution in [3.8, 4) is 0 Å². The Kier molecular flexibility index (Phi) is 5.18. The molecule has 24 heavy (non-hydrogen) atoms. The second-order valence-electron chi connectivity index (χ2n) is 7.04. The number of ether oxygens (including phenoxy) is 1. The molecular formula is C18H25F3N2O. The number of benzene rings is 1. The predicted octanol–water partition coefficient (Wildman–Crippen LogP) is 3.44. The first-order chi connectivity index (χ1) is 11.4. The summed E-state index contributed by atoms with van der Waals surface area (Å²) >= 11 is 0. The van der Waals surface area contributed by atoms with E-state index in [1.165, 1.54) is 12.1 Å². The molecule has 0 radical (unpaired) electrons. The molecule has 1 unspecified atom stereocenters. The molecule has 3 nitrogen and oxygen atoms in total. The summed E-state index contributed by atoms with van der Waals surface area (Å²) in [6, 6.07) is 5.92. The van der Waals surface area contributed by atoms with Gasteiger partial charge in [-0.2, -0.15) is 13.2 Å². The van der Waals surface area contributed by atoms with Crippen LogP contribution in [0, 0.1) is 0 Å². The van der Waals surface area contributed by atoms with Crippen molar-refractivity contribution in [2.24, 2.45) is 0 Å². The molecule has 2 aliphatic rings. The molecule has 1 atom stereocenters. The first-order valence-electron chi connectivity index (χ1n) is 8.59. The van der Waals surface area contributed by atoms with Gasteiger partial charge >= 0.3 is 6.18 Å². The van der Waals surface area contributed by atoms with Gasteiger partial charge in [0.1, 0.15) is 0 Å². The summed E-state index contributed by atoms with van der Waals surface area (Å²) in [4.78, 5) is 2.26. The molecule has 0 amide bonds. The summed E-state index contributed by atoms with van der Waals surface area (Å²) in [6.45, 7) is 3.42. The fourth-order valence-electron chi connectivity index (χ4n) is 3.83. The van der Waals surface area contributed by atoms with Crippen LogP contribution in [0.25, 0.3) is 0 Å². The number of nitrogens with zero attached hydrogens (tertiary/aromatic N) is 1. The third kappa shape index (κ3) is 4.10. The van der Waals surface area contributed by atoms with Crippen molar-refractivity contribution < 1.29 is 17.9 Å². The van der Waals surface area contributed by atoms with Crippen LogP contribution in [0.5, 0.6) is 0 Å². The van der Waals surface area contributed by atoms with Crippen LogP contribution in [0.15, 0.2) is 24.3 Å². The lowest BCUT2D eigenvalue weighted by Crippen LogP contribution is -2.52. The van der Waals surface area contributed by atoms with Crippen LogP contribution in [-0.2, 0) is 17.5 Å². The minimum absolute atomic E-state index is 0.0113. The number of hydrogen-bond donors (Lipinski definition) is 1. The average Bonchev–Trinajstić information content (AvgIpc) is 2.55. The largest absolute Gasteiger partial charge is 0.416 e. The monoisotopic (exact) mass is 342 g/mol. The van der Waals surface area contributed by atoms with E-state index in [-0.39, 0.29) is 5.60 Å². The second kappa shape index (κ2) is 7.02. The standard InChI is InChI=1S/C18H25F3N2O/c1-23(13-14-2-4-15(5-3-14)18(19,20)21)16-6-11-24-17(12-16)7-9-22-10-8-17/h2-5,16,22H,6-13H2,1H3. The van der Waals surface area contributed by atoms with Crippen molar-refractivity contribution in [2.75, 3.05) is 26.7 Å². The van der Waals surface area contributed by atoms with Crippen molar-refractivity contribution in [2.45, 2.75) is 50.0 Å². The third-order valence-electron chi connectivity index (χ3n) is 5.32. The van der Waals surface area contributed by atoms with Crippen LogP contribution in [-0.4, -0.2) is 43.3 Å². The van der Waals surface area contributed by atoms with E-state index in [1.807, 2.05) is 0 Å². The lowest BCUT2D eigenvalue weighted by atomic mass is 9.82. The minimum Gasteiger partial charge on any atom is -0.375 e. The van der Waals surface area contributed by atoms with E-state index in [0.29, 0.717) is 12.6 Å². The van der Waals surface area contributed by atoms with Gasteiger partial charge in [0, 0.05) is 19.2 Å². The molecule has 0 aromatic heterocycles. The first kappa shape index (κ1) is 17.7. The first-order valence-corrected chi connectivity index (χ1v) is 8.59. The number of hydrogen-bond acceptors (Lipinski definition) is 3. The molecule has 1 N–H and O–H groups in total. The predicted molar refractivity (Wildman–Crippen MR) is 86.7 cm³/mol. The lowest BCUT2D eigenvalue weighted by molar-refractivity contribution is -0.137. The average molecular weight is 342 g/mol. The molecule has 0 bridgehead atoms. The maximum Gasteiger partial charge on any atom is 0.416 e. The Morgan fingerprint density at radius 1 is 1.21 bits per heavy atom. The molecule has 2 saturated heterocycles. The molecule has 2 aliphatic heterocycles. The van der Waals surface area contributed by atoms with E-state index in [2.05, 4.69) is 17.3 Å². The summed E-state index contributed by atoms with van der Waals surface area (Å²) in [5.41, 5.74) is 0.313. The van der Waals surface area contributed by atoms with Crippen LogP contribution in [0.4, 0.5) is 13.2 Å². The SMILES string of the molecule is CN(Cc1ccc(C(F)(F)F)cc1)C1CCOC2(CCNCC2)C1. The lowest BCUT2D eigenvalue weighted by Gasteiger charge is -2.46. The Labute approximate surface area is 141 Å². The molecule has 2 heterocycles. The van der Waals surface area contributed by atoms with Gasteiger partial charge in [-0.15, -0.1) is 0 Å². The molecule has 134 valence electrons. The Morgan fingerprint density at radius 3 is 2.50 bits per heavy atom. The van der Waals surface area contributed by atoms with Gasteiger partial charge in [0.2, 0.25) is 0 Å². The number of piperidine rings is 1. The molecule has 1 aromatic carbocycles. The van der Waals surface area contributed by atoms with Gasteiger partial charge in [0.25, 0.3) is 0 Å². The second-order valence-corrected chi connectivity index (χ2v) is 7.04. The van der Waals surface area contributed by atoms with Crippen molar-refractivity contribution in [1.29, 1.82) is 0 Å². The summed E-state index contributed by atoms with van der Waals surface area (Å²) in [7, 11) is 2.06. The van der Waals surface area contributed by atoms with E-state index in [0.717, 1.165) is 50.9 Å². The van der Waals surface area contributed by atoms with Crippen molar-refractivity contribution in [3.63, 3.8) is 0 Å². The third-order valence-corrected chi connectivity index (χ3v) is 5.32. The quantitative estimate of drug-likeness (QED) is 0.911. The molecule has 1 spiro atoms. The normalized spacial score (nSPS) is 24.5. The highest BCUT2D eigenvalue weighted by Gasteiger charge is 2.39. The van der Waals surface area contributed by atoms with Crippen LogP contribution in [0.3, 0.4) is 0 Å². The molecule has 3 rings (SSSR count). The fraction of sp³-hybridized carbons (Fsp3) is 0.667. The van der Waals surface area contributed by atoms with E-state index in [9.17, 15) is 13.2 Å². The van der Waals surface area contributed by atoms with Crippen LogP contribution < -0.4 is 5.32 Å². The molecular weight excluding hydrogens is 317 g/mol. The van der Waals surface area contributed by atoms with Crippen molar-refractivity contribution in [3.05, 3.63) is 35.4 Å². The maximum atomic E-state index is 12.6. The summed E-state index contributed by atoms with van der Waals surface area (Å²) in [6.07, 6.45) is -0.208. The van der Waals surface area contributed by atoms with Gasteiger partial charge in [-0.1, -0.05) is 12.1 Å². The molecule has 2 fully saturated rings. The maximum absolute atomic E-state index is 12.6. The fourth-order valence-corrected chi connectivity index (χ4v) is 3.83. The van der Waals surface area contributed by atoms with Gasteiger partial charge < -0.3 is 10.1 Å². The zero-order valence-electron chi connectivity index (χ0n) is 14.0. The molecule has 0 aliphatic carbocycles. The Bertz CT molecular complexity index is 533. The zero-order chi connectivity index (χ0) is 17.2. The highest BCUT2D eigenvalue weighted by Crippen LogP contribution is 2.35. The Balaban J connectivity index is 1.61. The van der Waals surface area contributed by atoms with Gasteiger partial charge in [0.15, 0.2) is 0 Å². The smallest absolute Gasteiger partial charge is 0.375 e. The Morgan fingerprint density at radius 2 is 1.88 bits per heavy atom. The molecule has 6 heteroatoms. The molecule has 1 aromatic rings. The number of rotatable bonds is 3. The van der Waals surface area contributed by atoms with Crippen molar-refractivity contribution >= 4 is 0 Å². The number of alkyl halides is 3. The van der Waals surface area contributed by atoms with E-state index in [4.69, 9.17) is 4.74 Å². The Hall–Kier alpha value is -1.11. The minimum atomic E-state index is -4.27. The van der Waals surface area contributed by atoms with Crippen LogP contribution in [0.1, 0.15) is 36.8 Å². The van der Waals surface area contributed by atoms with Crippen molar-refractivity contribution in [1.82, 2.24) is 10.2 Å². The summed E-state index contributed by atoms with van der Waals surface area (Å²) < 4.78 is 44.0. The van der Waals surface area contributed by atoms with Gasteiger partial charge in [-0.05, 0) is 63.5 Å². The topological polar surface area (TPSA) is 24.5 Å². The van der Waals surface area contributed by atoms with Crippen LogP contribution in [0.2, 0.25) is 0 Å². The van der Waals surface area contributed by atoms with E-state index in [1.54, 1.807) is 12.1 Å². The highest BCUT2D eigenvalue weighted by atomic mass is 19.4. The molecule has 0 saturated carbocycles. The number of nitrogens with one attached hydrogen (secondary N) is 1. The summed E-state index contributed by atoms with van der Waals surface area (Å²) in [5.74, 6) is 0. The van der Waals surface area contributed by atoms with E-state index < -0.39 is 11.7 Å². The van der Waals surface area contributed by atoms with Gasteiger partial charge in [0.05, 0.1) is 11.2 Å². The summed E-state index contributed by atoms with van der Waals surface area (Å²) in [5, 5.41) is 3.37.